The van der Waals surface area contributed by atoms with Gasteiger partial charge in [-0.25, -0.2) is 4.79 Å². The maximum absolute atomic E-state index is 12.4. The molecule has 0 bridgehead atoms. The number of hydrogen-bond acceptors (Lipinski definition) is 5. The van der Waals surface area contributed by atoms with Crippen molar-refractivity contribution in [2.24, 2.45) is 0 Å². The van der Waals surface area contributed by atoms with E-state index in [9.17, 15) is 9.59 Å². The van der Waals surface area contributed by atoms with Gasteiger partial charge in [-0.05, 0) is 25.5 Å². The first kappa shape index (κ1) is 17.0. The SMILES string of the molecule is COC(=O)c1c(-c2ccc(C)cc2)csc1NC(=O)c1ccoc1C. The average Bonchev–Trinajstić information content (AvgIpc) is 3.21. The summed E-state index contributed by atoms with van der Waals surface area (Å²) in [5.74, 6) is -0.294. The second-order valence-electron chi connectivity index (χ2n) is 5.56. The van der Waals surface area contributed by atoms with Crippen LogP contribution in [0, 0.1) is 13.8 Å². The number of hydrogen-bond donors (Lipinski definition) is 1. The van der Waals surface area contributed by atoms with Crippen molar-refractivity contribution in [2.75, 3.05) is 12.4 Å². The summed E-state index contributed by atoms with van der Waals surface area (Å²) in [5.41, 5.74) is 3.54. The molecular formula is C19H17NO4S. The smallest absolute Gasteiger partial charge is 0.341 e. The molecular weight excluding hydrogens is 338 g/mol. The minimum absolute atomic E-state index is 0.325. The number of furan rings is 1. The van der Waals surface area contributed by atoms with Crippen LogP contribution in [0.3, 0.4) is 0 Å². The van der Waals surface area contributed by atoms with E-state index < -0.39 is 5.97 Å². The van der Waals surface area contributed by atoms with Crippen LogP contribution >= 0.6 is 11.3 Å². The lowest BCUT2D eigenvalue weighted by molar-refractivity contribution is 0.0603. The van der Waals surface area contributed by atoms with Gasteiger partial charge in [-0.2, -0.15) is 0 Å². The Morgan fingerprint density at radius 3 is 2.44 bits per heavy atom. The molecule has 2 heterocycles. The molecule has 0 fully saturated rings. The van der Waals surface area contributed by atoms with Crippen LogP contribution in [0.1, 0.15) is 32.0 Å². The van der Waals surface area contributed by atoms with Crippen molar-refractivity contribution in [3.8, 4) is 11.1 Å². The molecule has 0 unspecified atom stereocenters. The Morgan fingerprint density at radius 2 is 1.84 bits per heavy atom. The Hall–Kier alpha value is -2.86. The van der Waals surface area contributed by atoms with Crippen molar-refractivity contribution >= 4 is 28.2 Å². The van der Waals surface area contributed by atoms with Crippen LogP contribution in [0.5, 0.6) is 0 Å². The first-order valence-corrected chi connectivity index (χ1v) is 8.51. The minimum Gasteiger partial charge on any atom is -0.469 e. The van der Waals surface area contributed by atoms with Gasteiger partial charge in [0.25, 0.3) is 5.91 Å². The van der Waals surface area contributed by atoms with Crippen LogP contribution in [0.15, 0.2) is 46.4 Å². The summed E-state index contributed by atoms with van der Waals surface area (Å²) in [5, 5.41) is 5.08. The molecule has 0 saturated heterocycles. The molecule has 3 aromatic rings. The highest BCUT2D eigenvalue weighted by Gasteiger charge is 2.23. The fourth-order valence-corrected chi connectivity index (χ4v) is 3.44. The number of nitrogens with one attached hydrogen (secondary N) is 1. The van der Waals surface area contributed by atoms with E-state index >= 15 is 0 Å². The van der Waals surface area contributed by atoms with Gasteiger partial charge < -0.3 is 14.5 Å². The summed E-state index contributed by atoms with van der Waals surface area (Å²) >= 11 is 1.29. The van der Waals surface area contributed by atoms with Crippen molar-refractivity contribution in [2.45, 2.75) is 13.8 Å². The molecule has 3 rings (SSSR count). The molecule has 0 aliphatic rings. The van der Waals surface area contributed by atoms with Gasteiger partial charge in [0, 0.05) is 10.9 Å². The highest BCUT2D eigenvalue weighted by Crippen LogP contribution is 2.36. The molecule has 0 atom stereocenters. The predicted octanol–water partition coefficient (Wildman–Crippen LogP) is 4.66. The molecule has 2 aromatic heterocycles. The number of aryl methyl sites for hydroxylation is 2. The Bertz CT molecular complexity index is 921. The highest BCUT2D eigenvalue weighted by atomic mass is 32.1. The summed E-state index contributed by atoms with van der Waals surface area (Å²) in [6, 6.07) is 9.42. The number of benzene rings is 1. The number of carbonyl (C=O) groups excluding carboxylic acids is 2. The second-order valence-corrected chi connectivity index (χ2v) is 6.44. The quantitative estimate of drug-likeness (QED) is 0.691. The molecule has 1 aromatic carbocycles. The van der Waals surface area contributed by atoms with E-state index in [0.717, 1.165) is 16.7 Å². The lowest BCUT2D eigenvalue weighted by Crippen LogP contribution is -2.14. The lowest BCUT2D eigenvalue weighted by atomic mass is 10.0. The van der Waals surface area contributed by atoms with Crippen LogP contribution in [-0.4, -0.2) is 19.0 Å². The minimum atomic E-state index is -0.490. The number of thiophene rings is 1. The molecule has 0 saturated carbocycles. The van der Waals surface area contributed by atoms with E-state index in [1.165, 1.54) is 24.7 Å². The lowest BCUT2D eigenvalue weighted by Gasteiger charge is -2.08. The number of ether oxygens (including phenoxy) is 1. The van der Waals surface area contributed by atoms with Crippen molar-refractivity contribution in [1.29, 1.82) is 0 Å². The first-order valence-electron chi connectivity index (χ1n) is 7.63. The van der Waals surface area contributed by atoms with E-state index in [2.05, 4.69) is 5.32 Å². The van der Waals surface area contributed by atoms with Crippen molar-refractivity contribution in [3.05, 3.63) is 64.4 Å². The molecule has 0 aliphatic heterocycles. The van der Waals surface area contributed by atoms with Crippen molar-refractivity contribution < 1.29 is 18.7 Å². The van der Waals surface area contributed by atoms with Crippen LogP contribution in [-0.2, 0) is 4.74 Å². The molecule has 0 aliphatic carbocycles. The van der Waals surface area contributed by atoms with Gasteiger partial charge >= 0.3 is 5.97 Å². The first-order chi connectivity index (χ1) is 12.0. The number of carbonyl (C=O) groups is 2. The summed E-state index contributed by atoms with van der Waals surface area (Å²) in [6.45, 7) is 3.71. The van der Waals surface area contributed by atoms with Crippen LogP contribution in [0.25, 0.3) is 11.1 Å². The highest BCUT2D eigenvalue weighted by molar-refractivity contribution is 7.15. The van der Waals surface area contributed by atoms with Gasteiger partial charge in [0.05, 0.1) is 18.9 Å². The normalized spacial score (nSPS) is 10.5. The zero-order valence-corrected chi connectivity index (χ0v) is 14.9. The third-order valence-electron chi connectivity index (χ3n) is 3.87. The standard InChI is InChI=1S/C19H17NO4S/c1-11-4-6-13(7-5-11)15-10-25-18(16(15)19(22)23-3)20-17(21)14-8-9-24-12(14)2/h4-10H,1-3H3,(H,20,21). The Balaban J connectivity index is 2.00. The molecule has 1 amide bonds. The third-order valence-corrected chi connectivity index (χ3v) is 4.77. The van der Waals surface area contributed by atoms with Crippen molar-refractivity contribution in [3.63, 3.8) is 0 Å². The van der Waals surface area contributed by atoms with E-state index in [-0.39, 0.29) is 5.91 Å². The predicted molar refractivity (Wildman–Crippen MR) is 97.2 cm³/mol. The number of methoxy groups -OCH3 is 1. The number of amides is 1. The Labute approximate surface area is 149 Å². The fraction of sp³-hybridized carbons (Fsp3) is 0.158. The maximum Gasteiger partial charge on any atom is 0.341 e. The van der Waals surface area contributed by atoms with Gasteiger partial charge in [0.15, 0.2) is 0 Å². The summed E-state index contributed by atoms with van der Waals surface area (Å²) in [4.78, 5) is 24.7. The van der Waals surface area contributed by atoms with Crippen LogP contribution in [0.4, 0.5) is 5.00 Å². The average molecular weight is 355 g/mol. The molecule has 0 spiro atoms. The van der Waals surface area contributed by atoms with Gasteiger partial charge in [0.2, 0.25) is 0 Å². The molecule has 6 heteroatoms. The number of anilines is 1. The molecule has 5 nitrogen and oxygen atoms in total. The van der Waals surface area contributed by atoms with E-state index in [1.807, 2.05) is 36.6 Å². The van der Waals surface area contributed by atoms with Gasteiger partial charge in [0.1, 0.15) is 16.3 Å². The monoisotopic (exact) mass is 355 g/mol. The summed E-state index contributed by atoms with van der Waals surface area (Å²) in [6.07, 6.45) is 1.46. The molecule has 0 radical (unpaired) electrons. The van der Waals surface area contributed by atoms with E-state index in [0.29, 0.717) is 21.9 Å². The zero-order valence-electron chi connectivity index (χ0n) is 14.1. The van der Waals surface area contributed by atoms with E-state index in [1.54, 1.807) is 13.0 Å². The topological polar surface area (TPSA) is 68.5 Å². The Morgan fingerprint density at radius 1 is 1.12 bits per heavy atom. The summed E-state index contributed by atoms with van der Waals surface area (Å²) in [7, 11) is 1.32. The fourth-order valence-electron chi connectivity index (χ4n) is 2.49. The largest absolute Gasteiger partial charge is 0.469 e. The van der Waals surface area contributed by atoms with Crippen LogP contribution in [0.2, 0.25) is 0 Å². The van der Waals surface area contributed by atoms with Gasteiger partial charge in [-0.3, -0.25) is 4.79 Å². The third kappa shape index (κ3) is 3.34. The molecule has 25 heavy (non-hydrogen) atoms. The molecule has 1 N–H and O–H groups in total. The number of esters is 1. The van der Waals surface area contributed by atoms with Gasteiger partial charge in [-0.1, -0.05) is 29.8 Å². The Kier molecular flexibility index (Phi) is 4.72. The van der Waals surface area contributed by atoms with Crippen LogP contribution < -0.4 is 5.32 Å². The second kappa shape index (κ2) is 6.94. The van der Waals surface area contributed by atoms with E-state index in [4.69, 9.17) is 9.15 Å². The van der Waals surface area contributed by atoms with Crippen molar-refractivity contribution in [1.82, 2.24) is 0 Å². The number of rotatable bonds is 4. The van der Waals surface area contributed by atoms with Gasteiger partial charge in [-0.15, -0.1) is 11.3 Å². The maximum atomic E-state index is 12.4. The molecule has 128 valence electrons. The zero-order chi connectivity index (χ0) is 18.0. The summed E-state index contributed by atoms with van der Waals surface area (Å²) < 4.78 is 10.1.